The quantitative estimate of drug-likeness (QED) is 0.288. The van der Waals surface area contributed by atoms with Crippen LogP contribution in [0.2, 0.25) is 0 Å². The highest BCUT2D eigenvalue weighted by Crippen LogP contribution is 2.37. The Morgan fingerprint density at radius 1 is 1.17 bits per heavy atom. The van der Waals surface area contributed by atoms with Gasteiger partial charge in [0.05, 0.1) is 24.8 Å². The number of aldehydes is 1. The Labute approximate surface area is 210 Å². The molecule has 5 rings (SSSR count). The maximum atomic E-state index is 13.4. The number of aromatic nitrogens is 1. The van der Waals surface area contributed by atoms with Gasteiger partial charge in [-0.1, -0.05) is 35.5 Å². The largest absolute Gasteiger partial charge is 0.493 e. The maximum absolute atomic E-state index is 13.4. The van der Waals surface area contributed by atoms with Crippen LogP contribution in [0.3, 0.4) is 0 Å². The number of benzene rings is 2. The summed E-state index contributed by atoms with van der Waals surface area (Å²) in [4.78, 5) is 14.3. The third-order valence-electron chi connectivity index (χ3n) is 7.32. The average Bonchev–Trinajstić information content (AvgIpc) is 3.34. The number of hydrogen-bond donors (Lipinski definition) is 0. The number of allylic oxidation sites excluding steroid dienone is 4. The van der Waals surface area contributed by atoms with Gasteiger partial charge in [-0.05, 0) is 68.6 Å². The van der Waals surface area contributed by atoms with Gasteiger partial charge in [0.15, 0.2) is 17.1 Å². The monoisotopic (exact) mass is 490 g/mol. The number of nitrogens with zero attached hydrogens (tertiary/aromatic N) is 2. The van der Waals surface area contributed by atoms with Crippen LogP contribution in [0.5, 0.6) is 11.5 Å². The lowest BCUT2D eigenvalue weighted by Crippen LogP contribution is -2.34. The van der Waals surface area contributed by atoms with Crippen LogP contribution in [0.4, 0.5) is 4.39 Å². The summed E-state index contributed by atoms with van der Waals surface area (Å²) in [6.45, 7) is 3.49. The van der Waals surface area contributed by atoms with Crippen LogP contribution in [0.15, 0.2) is 65.2 Å². The molecule has 1 fully saturated rings. The fourth-order valence-corrected chi connectivity index (χ4v) is 5.21. The van der Waals surface area contributed by atoms with Gasteiger partial charge in [-0.15, -0.1) is 0 Å². The number of fused-ring (bicyclic) bond motifs is 1. The minimum atomic E-state index is -0.652. The van der Waals surface area contributed by atoms with E-state index in [-0.39, 0.29) is 5.82 Å². The van der Waals surface area contributed by atoms with E-state index in [1.165, 1.54) is 12.1 Å². The molecule has 6 nitrogen and oxygen atoms in total. The van der Waals surface area contributed by atoms with E-state index in [1.54, 1.807) is 13.2 Å². The van der Waals surface area contributed by atoms with Crippen LogP contribution in [0.1, 0.15) is 42.9 Å². The molecule has 188 valence electrons. The first-order valence-electron chi connectivity index (χ1n) is 12.5. The Bertz CT molecular complexity index is 1280. The topological polar surface area (TPSA) is 64.8 Å². The van der Waals surface area contributed by atoms with Crippen LogP contribution in [0.25, 0.3) is 11.0 Å². The minimum absolute atomic E-state index is 0.306. The van der Waals surface area contributed by atoms with Crippen molar-refractivity contribution in [2.45, 2.75) is 37.0 Å². The zero-order chi connectivity index (χ0) is 25.0. The van der Waals surface area contributed by atoms with E-state index in [2.05, 4.69) is 10.1 Å². The first-order chi connectivity index (χ1) is 17.6. The number of ether oxygens (including phenoxy) is 2. The van der Waals surface area contributed by atoms with E-state index in [0.29, 0.717) is 36.0 Å². The summed E-state index contributed by atoms with van der Waals surface area (Å²) in [6.07, 6.45) is 12.3. The molecule has 0 amide bonds. The molecule has 1 saturated heterocycles. The third kappa shape index (κ3) is 4.93. The first-order valence-corrected chi connectivity index (χ1v) is 12.5. The smallest absolute Gasteiger partial charge is 0.170 e. The Kier molecular flexibility index (Phi) is 7.18. The van der Waals surface area contributed by atoms with Crippen molar-refractivity contribution in [3.05, 3.63) is 77.8 Å². The zero-order valence-electron chi connectivity index (χ0n) is 20.5. The van der Waals surface area contributed by atoms with E-state index < -0.39 is 5.41 Å². The highest BCUT2D eigenvalue weighted by Gasteiger charge is 2.30. The lowest BCUT2D eigenvalue weighted by atomic mass is 9.77. The molecule has 36 heavy (non-hydrogen) atoms. The van der Waals surface area contributed by atoms with Gasteiger partial charge in [-0.3, -0.25) is 0 Å². The van der Waals surface area contributed by atoms with Gasteiger partial charge in [0.25, 0.3) is 0 Å². The summed E-state index contributed by atoms with van der Waals surface area (Å²) < 4.78 is 30.4. The first kappa shape index (κ1) is 24.3. The van der Waals surface area contributed by atoms with Gasteiger partial charge in [0.2, 0.25) is 0 Å². The number of halogens is 1. The van der Waals surface area contributed by atoms with Gasteiger partial charge in [-0.25, -0.2) is 4.39 Å². The molecule has 1 unspecified atom stereocenters. The Balaban J connectivity index is 1.11. The summed E-state index contributed by atoms with van der Waals surface area (Å²) in [5.74, 6) is 1.35. The molecule has 1 atom stereocenters. The van der Waals surface area contributed by atoms with Crippen molar-refractivity contribution in [2.75, 3.05) is 33.4 Å². The summed E-state index contributed by atoms with van der Waals surface area (Å²) in [5, 5.41) is 5.15. The Hall–Kier alpha value is -3.45. The SMILES string of the molecule is COc1cc(C2(C=O)C=CC=CC2)ccc1OCCCN1CCC(c2noc3cc(F)ccc23)CC1. The van der Waals surface area contributed by atoms with Crippen molar-refractivity contribution in [1.82, 2.24) is 10.1 Å². The summed E-state index contributed by atoms with van der Waals surface area (Å²) in [5.41, 5.74) is 1.71. The number of hydrogen-bond acceptors (Lipinski definition) is 6. The van der Waals surface area contributed by atoms with E-state index in [0.717, 1.165) is 61.8 Å². The molecule has 1 aliphatic carbocycles. The van der Waals surface area contributed by atoms with E-state index >= 15 is 0 Å². The molecule has 2 aliphatic rings. The van der Waals surface area contributed by atoms with Gasteiger partial charge < -0.3 is 23.7 Å². The number of carbonyl (C=O) groups is 1. The fourth-order valence-electron chi connectivity index (χ4n) is 5.21. The molecule has 2 aromatic carbocycles. The van der Waals surface area contributed by atoms with E-state index in [1.807, 2.05) is 42.5 Å². The van der Waals surface area contributed by atoms with Crippen LogP contribution >= 0.6 is 0 Å². The molecule has 1 aliphatic heterocycles. The fraction of sp³-hybridized carbons (Fsp3) is 0.379. The van der Waals surface area contributed by atoms with Crippen LogP contribution in [-0.4, -0.2) is 49.7 Å². The number of carbonyl (C=O) groups excluding carboxylic acids is 1. The zero-order valence-corrected chi connectivity index (χ0v) is 20.5. The molecule has 0 radical (unpaired) electrons. The Morgan fingerprint density at radius 2 is 2.03 bits per heavy atom. The molecular weight excluding hydrogens is 459 g/mol. The molecule has 0 N–H and O–H groups in total. The van der Waals surface area contributed by atoms with Crippen molar-refractivity contribution in [3.8, 4) is 11.5 Å². The number of methoxy groups -OCH3 is 1. The van der Waals surface area contributed by atoms with Crippen LogP contribution in [0, 0.1) is 5.82 Å². The van der Waals surface area contributed by atoms with Crippen molar-refractivity contribution in [2.24, 2.45) is 0 Å². The molecule has 0 saturated carbocycles. The summed E-state index contributed by atoms with van der Waals surface area (Å²) >= 11 is 0. The molecule has 3 aromatic rings. The molecule has 0 bridgehead atoms. The second-order valence-electron chi connectivity index (χ2n) is 9.54. The van der Waals surface area contributed by atoms with Crippen molar-refractivity contribution in [3.63, 3.8) is 0 Å². The van der Waals surface area contributed by atoms with Gasteiger partial charge in [0, 0.05) is 23.9 Å². The van der Waals surface area contributed by atoms with E-state index in [9.17, 15) is 9.18 Å². The van der Waals surface area contributed by atoms with Gasteiger partial charge in [0.1, 0.15) is 12.1 Å². The summed E-state index contributed by atoms with van der Waals surface area (Å²) in [7, 11) is 1.62. The molecule has 1 aromatic heterocycles. The van der Waals surface area contributed by atoms with Crippen molar-refractivity contribution in [1.29, 1.82) is 0 Å². The minimum Gasteiger partial charge on any atom is -0.493 e. The highest BCUT2D eigenvalue weighted by molar-refractivity contribution is 5.80. The predicted octanol–water partition coefficient (Wildman–Crippen LogP) is 5.58. The Morgan fingerprint density at radius 3 is 2.78 bits per heavy atom. The van der Waals surface area contributed by atoms with E-state index in [4.69, 9.17) is 14.0 Å². The maximum Gasteiger partial charge on any atom is 0.170 e. The predicted molar refractivity (Wildman–Crippen MR) is 136 cm³/mol. The normalized spacial score (nSPS) is 20.6. The number of likely N-dealkylation sites (tertiary alicyclic amines) is 1. The number of piperidine rings is 1. The standard InChI is InChI=1S/C29H31FN2O4/c1-34-27-18-22(29(20-33)12-3-2-4-13-29)6-9-25(27)35-17-5-14-32-15-10-21(11-16-32)28-24-8-7-23(30)19-26(24)36-31-28/h2-4,6-9,12,18-21H,5,10-11,13-17H2,1H3. The second-order valence-corrected chi connectivity index (χ2v) is 9.54. The van der Waals surface area contributed by atoms with Crippen LogP contribution < -0.4 is 9.47 Å². The highest BCUT2D eigenvalue weighted by atomic mass is 19.1. The lowest BCUT2D eigenvalue weighted by Gasteiger charge is -2.31. The molecular formula is C29H31FN2O4. The average molecular weight is 491 g/mol. The third-order valence-corrected chi connectivity index (χ3v) is 7.32. The lowest BCUT2D eigenvalue weighted by molar-refractivity contribution is -0.111. The van der Waals surface area contributed by atoms with Gasteiger partial charge >= 0.3 is 0 Å². The summed E-state index contributed by atoms with van der Waals surface area (Å²) in [6, 6.07) is 10.4. The van der Waals surface area contributed by atoms with Crippen molar-refractivity contribution < 1.29 is 23.2 Å². The van der Waals surface area contributed by atoms with Crippen molar-refractivity contribution >= 4 is 17.3 Å². The molecule has 7 heteroatoms. The number of rotatable bonds is 9. The molecule has 2 heterocycles. The molecule has 0 spiro atoms. The second kappa shape index (κ2) is 10.7. The van der Waals surface area contributed by atoms with Crippen LogP contribution in [-0.2, 0) is 10.2 Å². The van der Waals surface area contributed by atoms with Gasteiger partial charge in [-0.2, -0.15) is 0 Å².